The number of ether oxygens (including phenoxy) is 1. The van der Waals surface area contributed by atoms with E-state index in [0.29, 0.717) is 30.0 Å². The van der Waals surface area contributed by atoms with Gasteiger partial charge in [0.05, 0.1) is 11.6 Å². The molecular formula is C22H29N3O2. The SMILES string of the molecule is CC(C)(CC(=NC1C2CC3CC1CC(O)(C3)C2)NC#N)Oc1ccccc1. The molecule has 0 heterocycles. The Morgan fingerprint density at radius 2 is 1.93 bits per heavy atom. The summed E-state index contributed by atoms with van der Waals surface area (Å²) >= 11 is 0. The maximum atomic E-state index is 10.8. The monoisotopic (exact) mass is 367 g/mol. The van der Waals surface area contributed by atoms with Gasteiger partial charge in [0.25, 0.3) is 0 Å². The number of aliphatic imine (C=N–C) groups is 1. The first-order valence-electron chi connectivity index (χ1n) is 10.0. The fraction of sp³-hybridized carbons (Fsp3) is 0.636. The topological polar surface area (TPSA) is 77.6 Å². The number of para-hydroxylation sites is 1. The van der Waals surface area contributed by atoms with Crippen LogP contribution in [0, 0.1) is 29.2 Å². The first-order chi connectivity index (χ1) is 12.9. The Bertz CT molecular complexity index is 737. The number of benzene rings is 1. The first-order valence-corrected chi connectivity index (χ1v) is 10.0. The van der Waals surface area contributed by atoms with Gasteiger partial charge in [-0.3, -0.25) is 10.3 Å². The summed E-state index contributed by atoms with van der Waals surface area (Å²) in [5.74, 6) is 3.05. The molecule has 4 fully saturated rings. The lowest BCUT2D eigenvalue weighted by Gasteiger charge is -2.57. The Hall–Kier alpha value is -2.06. The summed E-state index contributed by atoms with van der Waals surface area (Å²) in [6.45, 7) is 4.04. The van der Waals surface area contributed by atoms with E-state index in [1.165, 1.54) is 0 Å². The quantitative estimate of drug-likeness (QED) is 0.360. The van der Waals surface area contributed by atoms with Crippen molar-refractivity contribution in [3.63, 3.8) is 0 Å². The van der Waals surface area contributed by atoms with Crippen molar-refractivity contribution in [2.45, 2.75) is 69.6 Å². The van der Waals surface area contributed by atoms with E-state index in [9.17, 15) is 10.4 Å². The maximum absolute atomic E-state index is 10.8. The number of rotatable bonds is 5. The van der Waals surface area contributed by atoms with E-state index in [0.717, 1.165) is 37.9 Å². The Balaban J connectivity index is 1.50. The molecule has 4 saturated carbocycles. The van der Waals surface area contributed by atoms with Crippen LogP contribution in [0.25, 0.3) is 0 Å². The van der Waals surface area contributed by atoms with Gasteiger partial charge in [-0.15, -0.1) is 0 Å². The molecule has 1 aromatic carbocycles. The van der Waals surface area contributed by atoms with Gasteiger partial charge in [-0.1, -0.05) is 18.2 Å². The number of hydrogen-bond donors (Lipinski definition) is 2. The van der Waals surface area contributed by atoms with Gasteiger partial charge in [0.1, 0.15) is 17.2 Å². The zero-order valence-electron chi connectivity index (χ0n) is 16.2. The lowest BCUT2D eigenvalue weighted by Crippen LogP contribution is -2.56. The molecule has 144 valence electrons. The largest absolute Gasteiger partial charge is 0.487 e. The van der Waals surface area contributed by atoms with Crippen LogP contribution in [0.2, 0.25) is 0 Å². The summed E-state index contributed by atoms with van der Waals surface area (Å²) in [7, 11) is 0. The zero-order chi connectivity index (χ0) is 19.1. The molecule has 27 heavy (non-hydrogen) atoms. The fourth-order valence-corrected chi connectivity index (χ4v) is 5.78. The van der Waals surface area contributed by atoms with Gasteiger partial charge >= 0.3 is 0 Å². The third-order valence-corrected chi connectivity index (χ3v) is 6.43. The molecule has 1 aromatic rings. The minimum Gasteiger partial charge on any atom is -0.487 e. The Morgan fingerprint density at radius 1 is 1.26 bits per heavy atom. The van der Waals surface area contributed by atoms with Gasteiger partial charge in [0, 0.05) is 6.42 Å². The van der Waals surface area contributed by atoms with Crippen molar-refractivity contribution in [3.8, 4) is 11.9 Å². The van der Waals surface area contributed by atoms with Crippen molar-refractivity contribution >= 4 is 5.84 Å². The molecule has 4 aliphatic carbocycles. The predicted octanol–water partition coefficient (Wildman–Crippen LogP) is 3.64. The second-order valence-electron chi connectivity index (χ2n) is 9.35. The molecule has 2 N–H and O–H groups in total. The van der Waals surface area contributed by atoms with E-state index in [-0.39, 0.29) is 6.04 Å². The number of nitrogens with zero attached hydrogens (tertiary/aromatic N) is 2. The van der Waals surface area contributed by atoms with Crippen molar-refractivity contribution in [1.29, 1.82) is 5.26 Å². The number of hydrogen-bond acceptors (Lipinski definition) is 4. The van der Waals surface area contributed by atoms with Crippen molar-refractivity contribution in [2.24, 2.45) is 22.7 Å². The summed E-state index contributed by atoms with van der Waals surface area (Å²) < 4.78 is 6.13. The Kier molecular flexibility index (Phi) is 4.63. The van der Waals surface area contributed by atoms with Gasteiger partial charge < -0.3 is 9.84 Å². The van der Waals surface area contributed by atoms with Crippen molar-refractivity contribution in [1.82, 2.24) is 5.32 Å². The van der Waals surface area contributed by atoms with E-state index in [2.05, 4.69) is 5.32 Å². The van der Waals surface area contributed by atoms with Crippen molar-refractivity contribution < 1.29 is 9.84 Å². The van der Waals surface area contributed by atoms with Gasteiger partial charge in [-0.2, -0.15) is 5.26 Å². The second kappa shape index (κ2) is 6.83. The summed E-state index contributed by atoms with van der Waals surface area (Å²) in [4.78, 5) is 5.01. The van der Waals surface area contributed by atoms with Gasteiger partial charge in [-0.05, 0) is 75.8 Å². The summed E-state index contributed by atoms with van der Waals surface area (Å²) in [6.07, 6.45) is 7.60. The van der Waals surface area contributed by atoms with Gasteiger partial charge in [0.15, 0.2) is 6.19 Å². The molecule has 5 rings (SSSR count). The smallest absolute Gasteiger partial charge is 0.182 e. The molecule has 0 spiro atoms. The van der Waals surface area contributed by atoms with E-state index in [1.807, 2.05) is 50.4 Å². The van der Waals surface area contributed by atoms with E-state index in [4.69, 9.17) is 9.73 Å². The normalized spacial score (nSPS) is 35.0. The standard InChI is InChI=1S/C22H29N3O2/c1-21(2,27-18-6-4-3-5-7-18)13-19(24-14-23)25-20-16-8-15-9-17(20)12-22(26,10-15)11-16/h3-7,15-17,20,26H,8-13H2,1-2H3,(H,24,25). The van der Waals surface area contributed by atoms with Crippen LogP contribution >= 0.6 is 0 Å². The third-order valence-electron chi connectivity index (χ3n) is 6.43. The van der Waals surface area contributed by atoms with Crippen molar-refractivity contribution in [2.75, 3.05) is 0 Å². The highest BCUT2D eigenvalue weighted by Gasteiger charge is 2.54. The van der Waals surface area contributed by atoms with Crippen LogP contribution in [0.5, 0.6) is 5.75 Å². The average molecular weight is 367 g/mol. The fourth-order valence-electron chi connectivity index (χ4n) is 5.78. The minimum atomic E-state index is -0.478. The number of aliphatic hydroxyl groups is 1. The molecule has 5 nitrogen and oxygen atoms in total. The predicted molar refractivity (Wildman–Crippen MR) is 104 cm³/mol. The van der Waals surface area contributed by atoms with Crippen LogP contribution in [0.1, 0.15) is 52.4 Å². The van der Waals surface area contributed by atoms with Crippen LogP contribution in [0.4, 0.5) is 0 Å². The van der Waals surface area contributed by atoms with Gasteiger partial charge in [-0.25, -0.2) is 0 Å². The van der Waals surface area contributed by atoms with Crippen LogP contribution in [0.3, 0.4) is 0 Å². The van der Waals surface area contributed by atoms with Crippen molar-refractivity contribution in [3.05, 3.63) is 30.3 Å². The van der Waals surface area contributed by atoms with E-state index >= 15 is 0 Å². The zero-order valence-corrected chi connectivity index (χ0v) is 16.2. The molecule has 4 aliphatic rings. The average Bonchev–Trinajstić information content (AvgIpc) is 2.57. The highest BCUT2D eigenvalue weighted by atomic mass is 16.5. The molecule has 0 radical (unpaired) electrons. The lowest BCUT2D eigenvalue weighted by molar-refractivity contribution is -0.132. The summed E-state index contributed by atoms with van der Waals surface area (Å²) in [5, 5.41) is 22.8. The highest BCUT2D eigenvalue weighted by molar-refractivity contribution is 5.84. The number of amidine groups is 1. The lowest BCUT2D eigenvalue weighted by atomic mass is 9.52. The maximum Gasteiger partial charge on any atom is 0.182 e. The highest BCUT2D eigenvalue weighted by Crippen LogP contribution is 2.56. The molecule has 0 aliphatic heterocycles. The first kappa shape index (κ1) is 18.3. The third kappa shape index (κ3) is 3.96. The minimum absolute atomic E-state index is 0.213. The number of nitrogens with one attached hydrogen (secondary N) is 1. The Morgan fingerprint density at radius 3 is 2.52 bits per heavy atom. The van der Waals surface area contributed by atoms with Crippen LogP contribution < -0.4 is 10.1 Å². The molecule has 0 saturated heterocycles. The number of nitriles is 1. The molecule has 4 bridgehead atoms. The molecule has 5 heteroatoms. The summed E-state index contributed by atoms with van der Waals surface area (Å²) in [6, 6.07) is 9.96. The van der Waals surface area contributed by atoms with Gasteiger partial charge in [0.2, 0.25) is 0 Å². The van der Waals surface area contributed by atoms with Crippen LogP contribution in [-0.2, 0) is 0 Å². The molecule has 2 unspecified atom stereocenters. The van der Waals surface area contributed by atoms with E-state index in [1.54, 1.807) is 0 Å². The molecule has 0 aromatic heterocycles. The molecule has 2 atom stereocenters. The Labute approximate surface area is 161 Å². The molecular weight excluding hydrogens is 338 g/mol. The second-order valence-corrected chi connectivity index (χ2v) is 9.35. The molecule has 0 amide bonds. The summed E-state index contributed by atoms with van der Waals surface area (Å²) in [5.41, 5.74) is -0.935. The van der Waals surface area contributed by atoms with Crippen LogP contribution in [0.15, 0.2) is 35.3 Å². The van der Waals surface area contributed by atoms with Crippen LogP contribution in [-0.4, -0.2) is 28.2 Å². The van der Waals surface area contributed by atoms with E-state index < -0.39 is 11.2 Å².